The maximum atomic E-state index is 10.8. The largest absolute Gasteiger partial charge is 0.478 e. The Morgan fingerprint density at radius 2 is 2.12 bits per heavy atom. The number of rotatable bonds is 3. The maximum Gasteiger partial charge on any atom is 0.335 e. The molecule has 1 saturated heterocycles. The molecule has 0 atom stereocenters. The van der Waals surface area contributed by atoms with E-state index in [0.29, 0.717) is 5.82 Å². The van der Waals surface area contributed by atoms with Crippen molar-refractivity contribution in [2.75, 3.05) is 18.5 Å². The van der Waals surface area contributed by atoms with E-state index in [0.717, 1.165) is 13.1 Å². The van der Waals surface area contributed by atoms with Crippen molar-refractivity contribution < 1.29 is 9.90 Å². The molecule has 0 aromatic carbocycles. The van der Waals surface area contributed by atoms with E-state index in [-0.39, 0.29) is 5.56 Å². The number of carboxylic acid groups (broad SMARTS) is 1. The first kappa shape index (κ1) is 10.9. The SMILES string of the molecule is O=C(O)c1ccnc(NN2CCCCC2)c1. The molecule has 1 fully saturated rings. The van der Waals surface area contributed by atoms with Crippen molar-refractivity contribution in [2.24, 2.45) is 0 Å². The molecular formula is C11H15N3O2. The van der Waals surface area contributed by atoms with Gasteiger partial charge in [-0.05, 0) is 25.0 Å². The number of piperidine rings is 1. The molecule has 5 nitrogen and oxygen atoms in total. The highest BCUT2D eigenvalue weighted by Gasteiger charge is 2.11. The molecule has 0 unspecified atom stereocenters. The smallest absolute Gasteiger partial charge is 0.335 e. The zero-order valence-corrected chi connectivity index (χ0v) is 9.02. The highest BCUT2D eigenvalue weighted by molar-refractivity contribution is 5.88. The maximum absolute atomic E-state index is 10.8. The summed E-state index contributed by atoms with van der Waals surface area (Å²) in [5.41, 5.74) is 3.39. The number of hydrogen-bond acceptors (Lipinski definition) is 4. The Labute approximate surface area is 94.1 Å². The Bertz CT molecular complexity index is 375. The number of carbonyl (C=O) groups is 1. The van der Waals surface area contributed by atoms with Crippen molar-refractivity contribution in [1.82, 2.24) is 9.99 Å². The van der Waals surface area contributed by atoms with Gasteiger partial charge in [-0.1, -0.05) is 6.42 Å². The highest BCUT2D eigenvalue weighted by atomic mass is 16.4. The third-order valence-corrected chi connectivity index (χ3v) is 2.64. The normalized spacial score (nSPS) is 17.0. The van der Waals surface area contributed by atoms with Crippen LogP contribution in [0, 0.1) is 0 Å². The second-order valence-electron chi connectivity index (χ2n) is 3.89. The van der Waals surface area contributed by atoms with E-state index in [9.17, 15) is 4.79 Å². The molecule has 0 amide bonds. The Kier molecular flexibility index (Phi) is 3.36. The van der Waals surface area contributed by atoms with Crippen LogP contribution in [0.5, 0.6) is 0 Å². The second kappa shape index (κ2) is 4.94. The number of carboxylic acids is 1. The van der Waals surface area contributed by atoms with Crippen LogP contribution in [0.2, 0.25) is 0 Å². The third kappa shape index (κ3) is 2.70. The number of anilines is 1. The van der Waals surface area contributed by atoms with E-state index < -0.39 is 5.97 Å². The van der Waals surface area contributed by atoms with Gasteiger partial charge in [0.25, 0.3) is 0 Å². The number of hydrazine groups is 1. The van der Waals surface area contributed by atoms with Gasteiger partial charge in [-0.25, -0.2) is 14.8 Å². The molecule has 86 valence electrons. The summed E-state index contributed by atoms with van der Waals surface area (Å²) in [5.74, 6) is -0.328. The van der Waals surface area contributed by atoms with Crippen LogP contribution in [0.3, 0.4) is 0 Å². The fourth-order valence-corrected chi connectivity index (χ4v) is 1.79. The fourth-order valence-electron chi connectivity index (χ4n) is 1.79. The van der Waals surface area contributed by atoms with Crippen molar-refractivity contribution in [2.45, 2.75) is 19.3 Å². The molecule has 0 bridgehead atoms. The van der Waals surface area contributed by atoms with E-state index in [1.54, 1.807) is 6.07 Å². The van der Waals surface area contributed by atoms with E-state index in [2.05, 4.69) is 15.4 Å². The van der Waals surface area contributed by atoms with Gasteiger partial charge in [0.2, 0.25) is 0 Å². The summed E-state index contributed by atoms with van der Waals surface area (Å²) in [6.45, 7) is 1.97. The van der Waals surface area contributed by atoms with Crippen molar-refractivity contribution in [3.05, 3.63) is 23.9 Å². The number of aromatic nitrogens is 1. The lowest BCUT2D eigenvalue weighted by Crippen LogP contribution is -2.35. The molecule has 2 rings (SSSR count). The average Bonchev–Trinajstić information content (AvgIpc) is 2.30. The number of nitrogens with zero attached hydrogens (tertiary/aromatic N) is 2. The van der Waals surface area contributed by atoms with Crippen LogP contribution in [-0.4, -0.2) is 34.2 Å². The molecule has 0 aliphatic carbocycles. The fraction of sp³-hybridized carbons (Fsp3) is 0.455. The van der Waals surface area contributed by atoms with Gasteiger partial charge < -0.3 is 10.5 Å². The van der Waals surface area contributed by atoms with Crippen LogP contribution < -0.4 is 5.43 Å². The Balaban J connectivity index is 2.02. The van der Waals surface area contributed by atoms with Crippen LogP contribution in [0.25, 0.3) is 0 Å². The number of nitrogens with one attached hydrogen (secondary N) is 1. The van der Waals surface area contributed by atoms with Gasteiger partial charge in [0.15, 0.2) is 0 Å². The quantitative estimate of drug-likeness (QED) is 0.811. The standard InChI is InChI=1S/C11H15N3O2/c15-11(16)9-4-5-12-10(8-9)13-14-6-2-1-3-7-14/h4-5,8H,1-3,6-7H2,(H,12,13)(H,15,16). The Morgan fingerprint density at radius 1 is 1.38 bits per heavy atom. The lowest BCUT2D eigenvalue weighted by Gasteiger charge is -2.27. The molecule has 2 N–H and O–H groups in total. The molecule has 0 saturated carbocycles. The minimum absolute atomic E-state index is 0.259. The van der Waals surface area contributed by atoms with Crippen molar-refractivity contribution in [3.63, 3.8) is 0 Å². The van der Waals surface area contributed by atoms with Gasteiger partial charge in [0.1, 0.15) is 5.82 Å². The number of aromatic carboxylic acids is 1. The summed E-state index contributed by atoms with van der Waals surface area (Å²) in [5, 5.41) is 10.9. The predicted octanol–water partition coefficient (Wildman–Crippen LogP) is 1.59. The summed E-state index contributed by atoms with van der Waals surface area (Å²) in [4.78, 5) is 14.9. The first-order valence-electron chi connectivity index (χ1n) is 5.46. The Hall–Kier alpha value is -1.62. The van der Waals surface area contributed by atoms with E-state index in [4.69, 9.17) is 5.11 Å². The van der Waals surface area contributed by atoms with E-state index >= 15 is 0 Å². The van der Waals surface area contributed by atoms with Crippen LogP contribution in [0.15, 0.2) is 18.3 Å². The zero-order chi connectivity index (χ0) is 11.4. The van der Waals surface area contributed by atoms with E-state index in [1.165, 1.54) is 31.5 Å². The number of hydrogen-bond donors (Lipinski definition) is 2. The van der Waals surface area contributed by atoms with Gasteiger partial charge >= 0.3 is 5.97 Å². The first-order chi connectivity index (χ1) is 7.75. The summed E-state index contributed by atoms with van der Waals surface area (Å²) in [7, 11) is 0. The molecule has 1 aliphatic rings. The molecule has 0 radical (unpaired) electrons. The molecular weight excluding hydrogens is 206 g/mol. The molecule has 2 heterocycles. The number of pyridine rings is 1. The molecule has 5 heteroatoms. The van der Waals surface area contributed by atoms with Crippen molar-refractivity contribution >= 4 is 11.8 Å². The average molecular weight is 221 g/mol. The monoisotopic (exact) mass is 221 g/mol. The van der Waals surface area contributed by atoms with Gasteiger partial charge in [0, 0.05) is 19.3 Å². The molecule has 1 aromatic heterocycles. The van der Waals surface area contributed by atoms with Crippen LogP contribution >= 0.6 is 0 Å². The van der Waals surface area contributed by atoms with Crippen LogP contribution in [0.4, 0.5) is 5.82 Å². The summed E-state index contributed by atoms with van der Waals surface area (Å²) in [6.07, 6.45) is 5.12. The van der Waals surface area contributed by atoms with Crippen LogP contribution in [0.1, 0.15) is 29.6 Å². The van der Waals surface area contributed by atoms with Gasteiger partial charge in [-0.2, -0.15) is 0 Å². The highest BCUT2D eigenvalue weighted by Crippen LogP contribution is 2.12. The van der Waals surface area contributed by atoms with Crippen molar-refractivity contribution in [1.29, 1.82) is 0 Å². The van der Waals surface area contributed by atoms with Gasteiger partial charge in [-0.3, -0.25) is 0 Å². The lowest BCUT2D eigenvalue weighted by atomic mass is 10.2. The molecule has 16 heavy (non-hydrogen) atoms. The minimum Gasteiger partial charge on any atom is -0.478 e. The van der Waals surface area contributed by atoms with Crippen LogP contribution in [-0.2, 0) is 0 Å². The Morgan fingerprint density at radius 3 is 2.81 bits per heavy atom. The third-order valence-electron chi connectivity index (χ3n) is 2.64. The first-order valence-corrected chi connectivity index (χ1v) is 5.46. The second-order valence-corrected chi connectivity index (χ2v) is 3.89. The zero-order valence-electron chi connectivity index (χ0n) is 9.02. The van der Waals surface area contributed by atoms with E-state index in [1.807, 2.05) is 0 Å². The van der Waals surface area contributed by atoms with Gasteiger partial charge in [0.05, 0.1) is 5.56 Å². The summed E-state index contributed by atoms with van der Waals surface area (Å²) < 4.78 is 0. The topological polar surface area (TPSA) is 65.5 Å². The molecule has 1 aliphatic heterocycles. The summed E-state index contributed by atoms with van der Waals surface area (Å²) >= 11 is 0. The lowest BCUT2D eigenvalue weighted by molar-refractivity contribution is 0.0697. The molecule has 1 aromatic rings. The predicted molar refractivity (Wildman–Crippen MR) is 60.2 cm³/mol. The summed E-state index contributed by atoms with van der Waals surface area (Å²) in [6, 6.07) is 3.04. The molecule has 0 spiro atoms. The minimum atomic E-state index is -0.927. The van der Waals surface area contributed by atoms with Gasteiger partial charge in [-0.15, -0.1) is 0 Å². The van der Waals surface area contributed by atoms with Crippen molar-refractivity contribution in [3.8, 4) is 0 Å².